The molecule has 136 valence electrons. The number of benzene rings is 1. The molecule has 8 heteroatoms. The van der Waals surface area contributed by atoms with E-state index in [-0.39, 0.29) is 6.04 Å². The molecule has 1 aliphatic rings. The van der Waals surface area contributed by atoms with Crippen LogP contribution in [0.3, 0.4) is 0 Å². The van der Waals surface area contributed by atoms with Gasteiger partial charge in [0.1, 0.15) is 11.8 Å². The van der Waals surface area contributed by atoms with Gasteiger partial charge >= 0.3 is 0 Å². The number of hydrogen-bond donors (Lipinski definition) is 0. The van der Waals surface area contributed by atoms with Gasteiger partial charge in [-0.15, -0.1) is 16.4 Å². The van der Waals surface area contributed by atoms with E-state index in [0.717, 1.165) is 43.4 Å². The third kappa shape index (κ3) is 3.62. The van der Waals surface area contributed by atoms with Gasteiger partial charge in [-0.3, -0.25) is 4.90 Å². The topological polar surface area (TPSA) is 65.3 Å². The van der Waals surface area contributed by atoms with Crippen LogP contribution in [-0.4, -0.2) is 58.5 Å². The average Bonchev–Trinajstić information content (AvgIpc) is 3.37. The highest BCUT2D eigenvalue weighted by Crippen LogP contribution is 2.31. The molecule has 26 heavy (non-hydrogen) atoms. The van der Waals surface area contributed by atoms with Crippen LogP contribution in [-0.2, 0) is 11.3 Å². The third-order valence-electron chi connectivity index (χ3n) is 4.52. The second-order valence-electron chi connectivity index (χ2n) is 6.11. The van der Waals surface area contributed by atoms with E-state index in [4.69, 9.17) is 9.47 Å². The fraction of sp³-hybridized carbons (Fsp3) is 0.389. The smallest absolute Gasteiger partial charge is 0.174 e. The SMILES string of the molecule is COc1ccc(Cn2nnnc2[C@H](c2cccs2)N2CCOCC2)cc1. The summed E-state index contributed by atoms with van der Waals surface area (Å²) in [4.78, 5) is 3.64. The molecule has 0 radical (unpaired) electrons. The second kappa shape index (κ2) is 7.94. The van der Waals surface area contributed by atoms with Crippen molar-refractivity contribution in [1.82, 2.24) is 25.1 Å². The van der Waals surface area contributed by atoms with Gasteiger partial charge in [0, 0.05) is 18.0 Å². The van der Waals surface area contributed by atoms with Crippen LogP contribution < -0.4 is 4.74 Å². The van der Waals surface area contributed by atoms with Gasteiger partial charge < -0.3 is 9.47 Å². The molecule has 1 atom stereocenters. The Morgan fingerprint density at radius 1 is 1.19 bits per heavy atom. The van der Waals surface area contributed by atoms with E-state index >= 15 is 0 Å². The minimum absolute atomic E-state index is 0.0483. The molecule has 0 amide bonds. The molecule has 2 aromatic heterocycles. The van der Waals surface area contributed by atoms with Crippen molar-refractivity contribution in [3.8, 4) is 5.75 Å². The Kier molecular flexibility index (Phi) is 5.24. The van der Waals surface area contributed by atoms with Gasteiger partial charge in [0.05, 0.1) is 26.9 Å². The van der Waals surface area contributed by atoms with Crippen LogP contribution in [0.2, 0.25) is 0 Å². The molecule has 7 nitrogen and oxygen atoms in total. The van der Waals surface area contributed by atoms with Crippen LogP contribution in [0.15, 0.2) is 41.8 Å². The molecule has 0 unspecified atom stereocenters. The average molecular weight is 371 g/mol. The molecular formula is C18H21N5O2S. The zero-order chi connectivity index (χ0) is 17.8. The number of morpholine rings is 1. The number of tetrazole rings is 1. The van der Waals surface area contributed by atoms with Crippen LogP contribution in [0.4, 0.5) is 0 Å². The van der Waals surface area contributed by atoms with Crippen molar-refractivity contribution < 1.29 is 9.47 Å². The summed E-state index contributed by atoms with van der Waals surface area (Å²) in [6.07, 6.45) is 0. The first-order chi connectivity index (χ1) is 12.8. The highest BCUT2D eigenvalue weighted by Gasteiger charge is 2.29. The van der Waals surface area contributed by atoms with E-state index < -0.39 is 0 Å². The first kappa shape index (κ1) is 17.1. The molecular weight excluding hydrogens is 350 g/mol. The Hall–Kier alpha value is -2.29. The maximum absolute atomic E-state index is 5.52. The number of aromatic nitrogens is 4. The van der Waals surface area contributed by atoms with Gasteiger partial charge in [-0.25, -0.2) is 4.68 Å². The number of methoxy groups -OCH3 is 1. The Bertz CT molecular complexity index is 812. The largest absolute Gasteiger partial charge is 0.497 e. The lowest BCUT2D eigenvalue weighted by Gasteiger charge is -2.33. The van der Waals surface area contributed by atoms with E-state index in [1.165, 1.54) is 4.88 Å². The molecule has 0 N–H and O–H groups in total. The van der Waals surface area contributed by atoms with Crippen molar-refractivity contribution in [1.29, 1.82) is 0 Å². The van der Waals surface area contributed by atoms with Gasteiger partial charge in [0.25, 0.3) is 0 Å². The lowest BCUT2D eigenvalue weighted by atomic mass is 10.1. The summed E-state index contributed by atoms with van der Waals surface area (Å²) >= 11 is 1.73. The van der Waals surface area contributed by atoms with Gasteiger partial charge in [0.2, 0.25) is 0 Å². The summed E-state index contributed by atoms with van der Waals surface area (Å²) in [5.74, 6) is 1.71. The van der Waals surface area contributed by atoms with Gasteiger partial charge in [0.15, 0.2) is 5.82 Å². The molecule has 0 saturated carbocycles. The van der Waals surface area contributed by atoms with Crippen molar-refractivity contribution in [3.63, 3.8) is 0 Å². The van der Waals surface area contributed by atoms with Crippen molar-refractivity contribution in [2.75, 3.05) is 33.4 Å². The molecule has 1 saturated heterocycles. The van der Waals surface area contributed by atoms with Crippen molar-refractivity contribution in [2.24, 2.45) is 0 Å². The van der Waals surface area contributed by atoms with E-state index in [2.05, 4.69) is 37.9 Å². The number of hydrogen-bond acceptors (Lipinski definition) is 7. The highest BCUT2D eigenvalue weighted by molar-refractivity contribution is 7.10. The summed E-state index contributed by atoms with van der Waals surface area (Å²) in [7, 11) is 1.67. The molecule has 1 aromatic carbocycles. The molecule has 0 spiro atoms. The van der Waals surface area contributed by atoms with Crippen LogP contribution in [0, 0.1) is 0 Å². The van der Waals surface area contributed by atoms with Crippen LogP contribution >= 0.6 is 11.3 Å². The monoisotopic (exact) mass is 371 g/mol. The minimum Gasteiger partial charge on any atom is -0.497 e. The van der Waals surface area contributed by atoms with E-state index in [0.29, 0.717) is 6.54 Å². The molecule has 4 rings (SSSR count). The van der Waals surface area contributed by atoms with Crippen molar-refractivity contribution in [2.45, 2.75) is 12.6 Å². The lowest BCUT2D eigenvalue weighted by Crippen LogP contribution is -2.40. The molecule has 1 aliphatic heterocycles. The third-order valence-corrected chi connectivity index (χ3v) is 5.44. The Morgan fingerprint density at radius 3 is 2.69 bits per heavy atom. The van der Waals surface area contributed by atoms with Crippen molar-refractivity contribution in [3.05, 3.63) is 58.0 Å². The standard InChI is InChI=1S/C18H21N5O2S/c1-24-15-6-4-14(5-7-15)13-23-18(19-20-21-23)17(16-3-2-12-26-16)22-8-10-25-11-9-22/h2-7,12,17H,8-11,13H2,1H3/t17-/m0/s1. The fourth-order valence-corrected chi connectivity index (χ4v) is 4.03. The first-order valence-corrected chi connectivity index (χ1v) is 9.47. The number of rotatable bonds is 6. The number of thiophene rings is 1. The van der Waals surface area contributed by atoms with Crippen LogP contribution in [0.5, 0.6) is 5.75 Å². The van der Waals surface area contributed by atoms with Crippen LogP contribution in [0.1, 0.15) is 22.3 Å². The van der Waals surface area contributed by atoms with E-state index in [1.54, 1.807) is 18.4 Å². The molecule has 3 heterocycles. The number of ether oxygens (including phenoxy) is 2. The summed E-state index contributed by atoms with van der Waals surface area (Å²) in [5, 5.41) is 14.7. The fourth-order valence-electron chi connectivity index (χ4n) is 3.18. The summed E-state index contributed by atoms with van der Waals surface area (Å²) < 4.78 is 12.6. The Labute approximate surface area is 156 Å². The molecule has 3 aromatic rings. The lowest BCUT2D eigenvalue weighted by molar-refractivity contribution is 0.0223. The predicted molar refractivity (Wildman–Crippen MR) is 98.5 cm³/mol. The maximum atomic E-state index is 5.52. The van der Waals surface area contributed by atoms with Crippen molar-refractivity contribution >= 4 is 11.3 Å². The zero-order valence-corrected chi connectivity index (χ0v) is 15.4. The van der Waals surface area contributed by atoms with Gasteiger partial charge in [-0.05, 0) is 39.6 Å². The Morgan fingerprint density at radius 2 is 2.00 bits per heavy atom. The zero-order valence-electron chi connectivity index (χ0n) is 14.6. The summed E-state index contributed by atoms with van der Waals surface area (Å²) in [6.45, 7) is 3.85. The summed E-state index contributed by atoms with van der Waals surface area (Å²) in [5.41, 5.74) is 1.13. The van der Waals surface area contributed by atoms with Crippen LogP contribution in [0.25, 0.3) is 0 Å². The highest BCUT2D eigenvalue weighted by atomic mass is 32.1. The quantitative estimate of drug-likeness (QED) is 0.662. The maximum Gasteiger partial charge on any atom is 0.174 e. The molecule has 1 fully saturated rings. The van der Waals surface area contributed by atoms with Gasteiger partial charge in [-0.2, -0.15) is 0 Å². The van der Waals surface area contributed by atoms with E-state index in [1.807, 2.05) is 28.9 Å². The number of nitrogens with zero attached hydrogens (tertiary/aromatic N) is 5. The summed E-state index contributed by atoms with van der Waals surface area (Å²) in [6, 6.07) is 12.3. The molecule has 0 bridgehead atoms. The van der Waals surface area contributed by atoms with Gasteiger partial charge in [-0.1, -0.05) is 18.2 Å². The first-order valence-electron chi connectivity index (χ1n) is 8.59. The minimum atomic E-state index is 0.0483. The predicted octanol–water partition coefficient (Wildman–Crippen LogP) is 2.21. The molecule has 0 aliphatic carbocycles. The second-order valence-corrected chi connectivity index (χ2v) is 7.09. The van der Waals surface area contributed by atoms with E-state index in [9.17, 15) is 0 Å². The normalized spacial score (nSPS) is 16.5. The Balaban J connectivity index is 1.63.